The van der Waals surface area contributed by atoms with E-state index in [0.717, 1.165) is 10.6 Å². The molecule has 3 aromatic carbocycles. The minimum Gasteiger partial charge on any atom is -0.494 e. The molecular formula is C28H25N3O6. The molecule has 0 saturated heterocycles. The summed E-state index contributed by atoms with van der Waals surface area (Å²) in [4.78, 5) is 53.5. The lowest BCUT2D eigenvalue weighted by atomic mass is 10.1. The number of hydrogen-bond donors (Lipinski definition) is 1. The van der Waals surface area contributed by atoms with Crippen LogP contribution in [0.5, 0.6) is 11.5 Å². The molecule has 0 fully saturated rings. The number of nitrogens with one attached hydrogen (secondary N) is 1. The fraction of sp³-hybridized carbons (Fsp3) is 0.214. The predicted octanol–water partition coefficient (Wildman–Crippen LogP) is 3.50. The van der Waals surface area contributed by atoms with Crippen molar-refractivity contribution in [3.8, 4) is 11.5 Å². The summed E-state index contributed by atoms with van der Waals surface area (Å²) >= 11 is 0. The molecular weight excluding hydrogens is 474 g/mol. The van der Waals surface area contributed by atoms with Gasteiger partial charge in [-0.1, -0.05) is 30.3 Å². The summed E-state index contributed by atoms with van der Waals surface area (Å²) in [6.45, 7) is 2.29. The fourth-order valence-corrected chi connectivity index (χ4v) is 4.38. The van der Waals surface area contributed by atoms with Gasteiger partial charge >= 0.3 is 0 Å². The number of imide groups is 1. The number of benzene rings is 3. The highest BCUT2D eigenvalue weighted by Gasteiger charge is 2.40. The molecule has 1 unspecified atom stereocenters. The number of nitrogens with zero attached hydrogens (tertiary/aromatic N) is 2. The molecule has 37 heavy (non-hydrogen) atoms. The van der Waals surface area contributed by atoms with Crippen LogP contribution in [0.1, 0.15) is 34.1 Å². The lowest BCUT2D eigenvalue weighted by Crippen LogP contribution is -2.45. The van der Waals surface area contributed by atoms with Gasteiger partial charge in [-0.15, -0.1) is 0 Å². The van der Waals surface area contributed by atoms with Crippen molar-refractivity contribution in [3.05, 3.63) is 83.9 Å². The Labute approximate surface area is 213 Å². The van der Waals surface area contributed by atoms with Gasteiger partial charge in [0, 0.05) is 18.3 Å². The van der Waals surface area contributed by atoms with Crippen molar-refractivity contribution in [3.63, 3.8) is 0 Å². The van der Waals surface area contributed by atoms with Crippen LogP contribution in [0.3, 0.4) is 0 Å². The Morgan fingerprint density at radius 1 is 0.973 bits per heavy atom. The van der Waals surface area contributed by atoms with E-state index in [2.05, 4.69) is 5.32 Å². The van der Waals surface area contributed by atoms with E-state index in [-0.39, 0.29) is 23.6 Å². The molecule has 5 rings (SSSR count). The molecule has 1 atom stereocenters. The number of amides is 4. The quantitative estimate of drug-likeness (QED) is 0.376. The third-order valence-corrected chi connectivity index (χ3v) is 6.30. The van der Waals surface area contributed by atoms with Crippen molar-refractivity contribution in [2.24, 2.45) is 0 Å². The van der Waals surface area contributed by atoms with E-state index in [1.807, 2.05) is 30.3 Å². The fourth-order valence-electron chi connectivity index (χ4n) is 4.38. The van der Waals surface area contributed by atoms with Gasteiger partial charge in [0.05, 0.1) is 23.4 Å². The highest BCUT2D eigenvalue weighted by Crippen LogP contribution is 2.35. The zero-order valence-electron chi connectivity index (χ0n) is 20.2. The van der Waals surface area contributed by atoms with Crippen molar-refractivity contribution in [2.45, 2.75) is 19.4 Å². The average molecular weight is 500 g/mol. The molecule has 9 heteroatoms. The number of para-hydroxylation sites is 1. The minimum absolute atomic E-state index is 0.116. The molecule has 188 valence electrons. The standard InChI is InChI=1S/C28H25N3O6/c1-18(31-27(34)21-10-5-6-11-22(21)28(31)35)26(33)29-19-12-13-23-24(16-19)37-17-25(32)30(23)14-7-15-36-20-8-3-2-4-9-20/h2-6,8-13,16,18H,7,14-15,17H2,1H3,(H,29,33). The maximum Gasteiger partial charge on any atom is 0.265 e. The smallest absolute Gasteiger partial charge is 0.265 e. The van der Waals surface area contributed by atoms with Crippen LogP contribution in [-0.2, 0) is 9.59 Å². The van der Waals surface area contributed by atoms with Crippen molar-refractivity contribution in [1.29, 1.82) is 0 Å². The highest BCUT2D eigenvalue weighted by atomic mass is 16.5. The molecule has 4 amide bonds. The largest absolute Gasteiger partial charge is 0.494 e. The van der Waals surface area contributed by atoms with Crippen LogP contribution in [0.4, 0.5) is 11.4 Å². The summed E-state index contributed by atoms with van der Waals surface area (Å²) in [5, 5.41) is 2.74. The highest BCUT2D eigenvalue weighted by molar-refractivity contribution is 6.23. The van der Waals surface area contributed by atoms with Crippen LogP contribution in [0, 0.1) is 0 Å². The van der Waals surface area contributed by atoms with Crippen LogP contribution in [0.25, 0.3) is 0 Å². The van der Waals surface area contributed by atoms with Crippen LogP contribution in [0.15, 0.2) is 72.8 Å². The van der Waals surface area contributed by atoms with Crippen molar-refractivity contribution >= 4 is 35.0 Å². The molecule has 9 nitrogen and oxygen atoms in total. The van der Waals surface area contributed by atoms with Crippen LogP contribution < -0.4 is 19.7 Å². The zero-order valence-corrected chi connectivity index (χ0v) is 20.2. The molecule has 0 aliphatic carbocycles. The normalized spacial score (nSPS) is 15.1. The third-order valence-electron chi connectivity index (χ3n) is 6.30. The van der Waals surface area contributed by atoms with E-state index >= 15 is 0 Å². The van der Waals surface area contributed by atoms with E-state index in [1.54, 1.807) is 47.4 Å². The molecule has 3 aromatic rings. The summed E-state index contributed by atoms with van der Waals surface area (Å²) in [7, 11) is 0. The number of rotatable bonds is 8. The maximum atomic E-state index is 12.9. The van der Waals surface area contributed by atoms with Gasteiger partial charge in [0.15, 0.2) is 6.61 Å². The Kier molecular flexibility index (Phi) is 6.59. The topological polar surface area (TPSA) is 105 Å². The number of carbonyl (C=O) groups is 4. The van der Waals surface area contributed by atoms with E-state index in [9.17, 15) is 19.2 Å². The number of fused-ring (bicyclic) bond motifs is 2. The van der Waals surface area contributed by atoms with Gasteiger partial charge in [-0.2, -0.15) is 0 Å². The molecule has 0 bridgehead atoms. The lowest BCUT2D eigenvalue weighted by molar-refractivity contribution is -0.121. The molecule has 0 radical (unpaired) electrons. The monoisotopic (exact) mass is 499 g/mol. The number of hydrogen-bond acceptors (Lipinski definition) is 6. The second-order valence-electron chi connectivity index (χ2n) is 8.72. The van der Waals surface area contributed by atoms with Crippen LogP contribution >= 0.6 is 0 Å². The van der Waals surface area contributed by atoms with Crippen LogP contribution in [-0.4, -0.2) is 54.3 Å². The molecule has 0 aromatic heterocycles. The first kappa shape index (κ1) is 24.1. The summed E-state index contributed by atoms with van der Waals surface area (Å²) in [5.74, 6) is -0.453. The Balaban J connectivity index is 1.23. The van der Waals surface area contributed by atoms with Crippen LogP contribution in [0.2, 0.25) is 0 Å². The predicted molar refractivity (Wildman–Crippen MR) is 136 cm³/mol. The first-order chi connectivity index (χ1) is 17.9. The third kappa shape index (κ3) is 4.75. The SMILES string of the molecule is CC(C(=O)Nc1ccc2c(c1)OCC(=O)N2CCCOc1ccccc1)N1C(=O)c2ccccc2C1=O. The Bertz CT molecular complexity index is 1340. The molecule has 1 N–H and O–H groups in total. The molecule has 2 aliphatic heterocycles. The van der Waals surface area contributed by atoms with E-state index in [4.69, 9.17) is 9.47 Å². The lowest BCUT2D eigenvalue weighted by Gasteiger charge is -2.30. The maximum absolute atomic E-state index is 12.9. The molecule has 0 saturated carbocycles. The molecule has 2 aliphatic rings. The van der Waals surface area contributed by atoms with Crippen molar-refractivity contribution in [2.75, 3.05) is 30.0 Å². The first-order valence-electron chi connectivity index (χ1n) is 12.0. The van der Waals surface area contributed by atoms with Gasteiger partial charge < -0.3 is 19.7 Å². The second kappa shape index (κ2) is 10.1. The second-order valence-corrected chi connectivity index (χ2v) is 8.72. The summed E-state index contributed by atoms with van der Waals surface area (Å²) < 4.78 is 11.3. The van der Waals surface area contributed by atoms with Crippen molar-refractivity contribution < 1.29 is 28.7 Å². The van der Waals surface area contributed by atoms with Gasteiger partial charge in [-0.3, -0.25) is 24.1 Å². The molecule has 0 spiro atoms. The Hall–Kier alpha value is -4.66. The van der Waals surface area contributed by atoms with Crippen molar-refractivity contribution in [1.82, 2.24) is 4.90 Å². The Morgan fingerprint density at radius 2 is 1.65 bits per heavy atom. The summed E-state index contributed by atoms with van der Waals surface area (Å²) in [6.07, 6.45) is 0.621. The summed E-state index contributed by atoms with van der Waals surface area (Å²) in [6, 6.07) is 19.9. The van der Waals surface area contributed by atoms with Gasteiger partial charge in [-0.25, -0.2) is 0 Å². The van der Waals surface area contributed by atoms with E-state index in [1.165, 1.54) is 6.92 Å². The molecule has 2 heterocycles. The zero-order chi connectivity index (χ0) is 25.9. The van der Waals surface area contributed by atoms with E-state index in [0.29, 0.717) is 36.7 Å². The number of ether oxygens (including phenoxy) is 2. The van der Waals surface area contributed by atoms with Gasteiger partial charge in [0.2, 0.25) is 5.91 Å². The summed E-state index contributed by atoms with van der Waals surface area (Å²) in [5.41, 5.74) is 1.60. The van der Waals surface area contributed by atoms with Gasteiger partial charge in [0.1, 0.15) is 17.5 Å². The Morgan fingerprint density at radius 3 is 2.35 bits per heavy atom. The number of anilines is 2. The van der Waals surface area contributed by atoms with E-state index < -0.39 is 23.8 Å². The van der Waals surface area contributed by atoms with Gasteiger partial charge in [-0.05, 0) is 49.7 Å². The minimum atomic E-state index is -1.02. The van der Waals surface area contributed by atoms with Gasteiger partial charge in [0.25, 0.3) is 17.7 Å². The first-order valence-corrected chi connectivity index (χ1v) is 12.0. The average Bonchev–Trinajstić information content (AvgIpc) is 3.17. The number of carbonyl (C=O) groups excluding carboxylic acids is 4.